The molecule has 3 nitrogen and oxygen atoms in total. The van der Waals surface area contributed by atoms with Crippen molar-refractivity contribution in [3.63, 3.8) is 0 Å². The quantitative estimate of drug-likeness (QED) is 0.804. The SMILES string of the molecule is C=CCCn1ccc(C(=O)O)c1Cc1ccccc1. The van der Waals surface area contributed by atoms with E-state index in [1.807, 2.05) is 47.2 Å². The molecule has 0 fully saturated rings. The number of benzene rings is 1. The topological polar surface area (TPSA) is 42.2 Å². The van der Waals surface area contributed by atoms with Crippen LogP contribution in [0.25, 0.3) is 0 Å². The number of nitrogens with zero attached hydrogens (tertiary/aromatic N) is 1. The fraction of sp³-hybridized carbons (Fsp3) is 0.188. The van der Waals surface area contributed by atoms with Gasteiger partial charge in [0.1, 0.15) is 0 Å². The van der Waals surface area contributed by atoms with Crippen LogP contribution in [0.5, 0.6) is 0 Å². The Morgan fingerprint density at radius 1 is 1.26 bits per heavy atom. The first-order valence-corrected chi connectivity index (χ1v) is 6.28. The zero-order valence-electron chi connectivity index (χ0n) is 10.7. The minimum absolute atomic E-state index is 0.382. The maximum absolute atomic E-state index is 11.3. The van der Waals surface area contributed by atoms with Crippen molar-refractivity contribution in [2.45, 2.75) is 19.4 Å². The second-order valence-electron chi connectivity index (χ2n) is 4.41. The molecule has 98 valence electrons. The average Bonchev–Trinajstić information content (AvgIpc) is 2.80. The van der Waals surface area contributed by atoms with Crippen LogP contribution >= 0.6 is 0 Å². The van der Waals surface area contributed by atoms with Crippen LogP contribution in [0.2, 0.25) is 0 Å². The summed E-state index contributed by atoms with van der Waals surface area (Å²) in [7, 11) is 0. The number of rotatable bonds is 6. The molecule has 1 heterocycles. The van der Waals surface area contributed by atoms with Crippen molar-refractivity contribution in [3.8, 4) is 0 Å². The standard InChI is InChI=1S/C16H17NO2/c1-2-3-10-17-11-9-14(16(18)19)15(17)12-13-7-5-4-6-8-13/h2,4-9,11H,1,3,10,12H2,(H,18,19). The summed E-state index contributed by atoms with van der Waals surface area (Å²) in [6, 6.07) is 11.6. The number of carboxylic acid groups (broad SMARTS) is 1. The number of allylic oxidation sites excluding steroid dienone is 1. The molecule has 3 heteroatoms. The zero-order valence-corrected chi connectivity index (χ0v) is 10.7. The fourth-order valence-corrected chi connectivity index (χ4v) is 2.13. The van der Waals surface area contributed by atoms with E-state index in [1.165, 1.54) is 0 Å². The van der Waals surface area contributed by atoms with Gasteiger partial charge < -0.3 is 9.67 Å². The second kappa shape index (κ2) is 6.05. The lowest BCUT2D eigenvalue weighted by molar-refractivity contribution is 0.0695. The molecule has 0 amide bonds. The summed E-state index contributed by atoms with van der Waals surface area (Å²) in [5.41, 5.74) is 2.34. The van der Waals surface area contributed by atoms with Crippen LogP contribution in [-0.4, -0.2) is 15.6 Å². The Morgan fingerprint density at radius 2 is 2.00 bits per heavy atom. The smallest absolute Gasteiger partial charge is 0.337 e. The van der Waals surface area contributed by atoms with Gasteiger partial charge in [-0.15, -0.1) is 6.58 Å². The number of aromatic nitrogens is 1. The second-order valence-corrected chi connectivity index (χ2v) is 4.41. The normalized spacial score (nSPS) is 10.3. The lowest BCUT2D eigenvalue weighted by Crippen LogP contribution is -2.07. The van der Waals surface area contributed by atoms with E-state index in [9.17, 15) is 9.90 Å². The number of carbonyl (C=O) groups is 1. The Kier molecular flexibility index (Phi) is 4.18. The number of hydrogen-bond donors (Lipinski definition) is 1. The van der Waals surface area contributed by atoms with E-state index in [1.54, 1.807) is 6.07 Å². The summed E-state index contributed by atoms with van der Waals surface area (Å²) in [5.74, 6) is -0.872. The Morgan fingerprint density at radius 3 is 2.63 bits per heavy atom. The molecule has 2 aromatic rings. The zero-order chi connectivity index (χ0) is 13.7. The van der Waals surface area contributed by atoms with E-state index in [-0.39, 0.29) is 0 Å². The lowest BCUT2D eigenvalue weighted by atomic mass is 10.1. The van der Waals surface area contributed by atoms with Gasteiger partial charge in [0, 0.05) is 24.9 Å². The Hall–Kier alpha value is -2.29. The first kappa shape index (κ1) is 13.1. The van der Waals surface area contributed by atoms with E-state index >= 15 is 0 Å². The summed E-state index contributed by atoms with van der Waals surface area (Å²) in [5, 5.41) is 9.25. The van der Waals surface area contributed by atoms with Crippen LogP contribution in [0.3, 0.4) is 0 Å². The van der Waals surface area contributed by atoms with Gasteiger partial charge in [0.2, 0.25) is 0 Å². The largest absolute Gasteiger partial charge is 0.478 e. The molecule has 0 aliphatic heterocycles. The highest BCUT2D eigenvalue weighted by molar-refractivity contribution is 5.89. The number of aromatic carboxylic acids is 1. The van der Waals surface area contributed by atoms with Gasteiger partial charge in [-0.25, -0.2) is 4.79 Å². The maximum atomic E-state index is 11.3. The summed E-state index contributed by atoms with van der Waals surface area (Å²) >= 11 is 0. The van der Waals surface area contributed by atoms with Crippen molar-refractivity contribution >= 4 is 5.97 Å². The van der Waals surface area contributed by atoms with Crippen molar-refractivity contribution in [1.82, 2.24) is 4.57 Å². The first-order valence-electron chi connectivity index (χ1n) is 6.28. The molecule has 0 unspecified atom stereocenters. The molecule has 0 bridgehead atoms. The molecule has 0 atom stereocenters. The Balaban J connectivity index is 2.32. The molecule has 0 spiro atoms. The molecule has 0 saturated heterocycles. The van der Waals surface area contributed by atoms with Gasteiger partial charge >= 0.3 is 5.97 Å². The monoisotopic (exact) mass is 255 g/mol. The van der Waals surface area contributed by atoms with Gasteiger partial charge in [-0.2, -0.15) is 0 Å². The fourth-order valence-electron chi connectivity index (χ4n) is 2.13. The highest BCUT2D eigenvalue weighted by atomic mass is 16.4. The molecule has 1 aromatic heterocycles. The third-order valence-electron chi connectivity index (χ3n) is 3.10. The Labute approximate surface area is 112 Å². The van der Waals surface area contributed by atoms with Crippen LogP contribution in [0.15, 0.2) is 55.3 Å². The summed E-state index contributed by atoms with van der Waals surface area (Å²) in [4.78, 5) is 11.3. The van der Waals surface area contributed by atoms with Crippen molar-refractivity contribution in [1.29, 1.82) is 0 Å². The highest BCUT2D eigenvalue weighted by Crippen LogP contribution is 2.17. The van der Waals surface area contributed by atoms with Crippen LogP contribution in [0.1, 0.15) is 28.0 Å². The summed E-state index contributed by atoms with van der Waals surface area (Å²) in [6.45, 7) is 4.46. The van der Waals surface area contributed by atoms with E-state index in [0.717, 1.165) is 24.2 Å². The minimum atomic E-state index is -0.872. The van der Waals surface area contributed by atoms with E-state index in [2.05, 4.69) is 6.58 Å². The molecule has 0 aliphatic carbocycles. The van der Waals surface area contributed by atoms with Crippen molar-refractivity contribution in [2.75, 3.05) is 0 Å². The van der Waals surface area contributed by atoms with Crippen molar-refractivity contribution < 1.29 is 9.90 Å². The predicted octanol–water partition coefficient (Wildman–Crippen LogP) is 3.35. The number of aryl methyl sites for hydroxylation is 1. The third-order valence-corrected chi connectivity index (χ3v) is 3.10. The molecular formula is C16H17NO2. The summed E-state index contributed by atoms with van der Waals surface area (Å²) < 4.78 is 2.00. The molecule has 0 aliphatic rings. The first-order chi connectivity index (χ1) is 9.22. The molecule has 19 heavy (non-hydrogen) atoms. The van der Waals surface area contributed by atoms with Crippen molar-refractivity contribution in [2.24, 2.45) is 0 Å². The van der Waals surface area contributed by atoms with Crippen LogP contribution < -0.4 is 0 Å². The minimum Gasteiger partial charge on any atom is -0.478 e. The highest BCUT2D eigenvalue weighted by Gasteiger charge is 2.14. The van der Waals surface area contributed by atoms with Gasteiger partial charge in [0.15, 0.2) is 0 Å². The van der Waals surface area contributed by atoms with Gasteiger partial charge in [-0.05, 0) is 18.1 Å². The molecule has 1 N–H and O–H groups in total. The predicted molar refractivity (Wildman–Crippen MR) is 75.5 cm³/mol. The van der Waals surface area contributed by atoms with E-state index in [4.69, 9.17) is 0 Å². The van der Waals surface area contributed by atoms with E-state index < -0.39 is 5.97 Å². The molecular weight excluding hydrogens is 238 g/mol. The van der Waals surface area contributed by atoms with Gasteiger partial charge in [-0.3, -0.25) is 0 Å². The lowest BCUT2D eigenvalue weighted by Gasteiger charge is -2.09. The molecule has 0 radical (unpaired) electrons. The van der Waals surface area contributed by atoms with Crippen LogP contribution in [-0.2, 0) is 13.0 Å². The summed E-state index contributed by atoms with van der Waals surface area (Å²) in [6.07, 6.45) is 5.14. The number of hydrogen-bond acceptors (Lipinski definition) is 1. The third kappa shape index (κ3) is 3.13. The van der Waals surface area contributed by atoms with Crippen molar-refractivity contribution in [3.05, 3.63) is 72.1 Å². The van der Waals surface area contributed by atoms with Crippen LogP contribution in [0.4, 0.5) is 0 Å². The average molecular weight is 255 g/mol. The van der Waals surface area contributed by atoms with Gasteiger partial charge in [0.25, 0.3) is 0 Å². The Bertz CT molecular complexity index is 570. The van der Waals surface area contributed by atoms with Gasteiger partial charge in [0.05, 0.1) is 5.56 Å². The molecule has 2 rings (SSSR count). The molecule has 1 aromatic carbocycles. The van der Waals surface area contributed by atoms with Gasteiger partial charge in [-0.1, -0.05) is 36.4 Å². The molecule has 0 saturated carbocycles. The van der Waals surface area contributed by atoms with Crippen LogP contribution in [0, 0.1) is 0 Å². The number of carboxylic acids is 1. The van der Waals surface area contributed by atoms with E-state index in [0.29, 0.717) is 12.0 Å². The maximum Gasteiger partial charge on any atom is 0.337 e.